The monoisotopic (exact) mass is 248 g/mol. The molecule has 0 aliphatic heterocycles. The molecule has 17 heavy (non-hydrogen) atoms. The van der Waals surface area contributed by atoms with Crippen molar-refractivity contribution in [1.82, 2.24) is 4.98 Å². The number of pyridine rings is 1. The predicted molar refractivity (Wildman–Crippen MR) is 58.7 cm³/mol. The maximum atomic E-state index is 12.4. The molecule has 2 N–H and O–H groups in total. The van der Waals surface area contributed by atoms with Gasteiger partial charge in [-0.3, -0.25) is 0 Å². The average molecular weight is 248 g/mol. The minimum atomic E-state index is -4.34. The maximum Gasteiger partial charge on any atom is 0.416 e. The van der Waals surface area contributed by atoms with Crippen LogP contribution in [0.25, 0.3) is 0 Å². The number of aliphatic hydroxyl groups excluding tert-OH is 1. The quantitative estimate of drug-likeness (QED) is 0.761. The summed E-state index contributed by atoms with van der Waals surface area (Å²) in [5.41, 5.74) is -0.703. The summed E-state index contributed by atoms with van der Waals surface area (Å²) in [5.74, 6) is 0.226. The lowest BCUT2D eigenvalue weighted by Gasteiger charge is -2.09. The van der Waals surface area contributed by atoms with Gasteiger partial charge in [0.2, 0.25) is 0 Å². The topological polar surface area (TPSA) is 45.1 Å². The molecule has 0 spiro atoms. The zero-order valence-corrected chi connectivity index (χ0v) is 9.30. The number of rotatable bonds is 6. The highest BCUT2D eigenvalue weighted by molar-refractivity contribution is 5.38. The van der Waals surface area contributed by atoms with Gasteiger partial charge in [-0.25, -0.2) is 4.98 Å². The SMILES string of the molecule is OCCCCCNc1cc(C(F)(F)F)ccn1. The fourth-order valence-electron chi connectivity index (χ4n) is 1.33. The standard InChI is InChI=1S/C11H15F3N2O/c12-11(13,14)9-4-6-16-10(8-9)15-5-2-1-3-7-17/h4,6,8,17H,1-3,5,7H2,(H,15,16). The number of halogens is 3. The molecule has 1 heterocycles. The van der Waals surface area contributed by atoms with E-state index in [9.17, 15) is 13.2 Å². The first kappa shape index (κ1) is 13.8. The minimum absolute atomic E-state index is 0.141. The Hall–Kier alpha value is -1.30. The van der Waals surface area contributed by atoms with E-state index in [1.54, 1.807) is 0 Å². The second-order valence-corrected chi connectivity index (χ2v) is 3.64. The third-order valence-corrected chi connectivity index (χ3v) is 2.23. The van der Waals surface area contributed by atoms with Crippen molar-refractivity contribution in [3.63, 3.8) is 0 Å². The first-order valence-electron chi connectivity index (χ1n) is 5.42. The lowest BCUT2D eigenvalue weighted by atomic mass is 10.2. The van der Waals surface area contributed by atoms with Crippen molar-refractivity contribution >= 4 is 5.82 Å². The van der Waals surface area contributed by atoms with Crippen molar-refractivity contribution in [2.75, 3.05) is 18.5 Å². The number of unbranched alkanes of at least 4 members (excludes halogenated alkanes) is 2. The number of nitrogens with zero attached hydrogens (tertiary/aromatic N) is 1. The largest absolute Gasteiger partial charge is 0.416 e. The molecule has 3 nitrogen and oxygen atoms in total. The van der Waals surface area contributed by atoms with Crippen LogP contribution in [0.3, 0.4) is 0 Å². The first-order chi connectivity index (χ1) is 8.04. The third-order valence-electron chi connectivity index (χ3n) is 2.23. The Kier molecular flexibility index (Phi) is 5.21. The van der Waals surface area contributed by atoms with E-state index < -0.39 is 11.7 Å². The molecule has 0 radical (unpaired) electrons. The summed E-state index contributed by atoms with van der Waals surface area (Å²) in [6.45, 7) is 0.691. The van der Waals surface area contributed by atoms with Gasteiger partial charge in [-0.05, 0) is 31.4 Å². The van der Waals surface area contributed by atoms with Crippen molar-refractivity contribution < 1.29 is 18.3 Å². The molecule has 0 saturated heterocycles. The molecule has 0 saturated carbocycles. The molecule has 0 aliphatic carbocycles. The highest BCUT2D eigenvalue weighted by Gasteiger charge is 2.30. The number of hydrogen-bond acceptors (Lipinski definition) is 3. The lowest BCUT2D eigenvalue weighted by Crippen LogP contribution is -2.08. The van der Waals surface area contributed by atoms with Gasteiger partial charge in [0.15, 0.2) is 0 Å². The molecule has 0 aliphatic rings. The first-order valence-corrected chi connectivity index (χ1v) is 5.42. The molecule has 0 amide bonds. The van der Waals surface area contributed by atoms with Crippen molar-refractivity contribution in [2.45, 2.75) is 25.4 Å². The Morgan fingerprint density at radius 1 is 1.24 bits per heavy atom. The zero-order chi connectivity index (χ0) is 12.7. The summed E-state index contributed by atoms with van der Waals surface area (Å²) in [6, 6.07) is 1.93. The predicted octanol–water partition coefficient (Wildman–Crippen LogP) is 2.67. The summed E-state index contributed by atoms with van der Waals surface area (Å²) in [4.78, 5) is 3.81. The van der Waals surface area contributed by atoms with E-state index in [2.05, 4.69) is 10.3 Å². The minimum Gasteiger partial charge on any atom is -0.396 e. The Labute approximate surface area is 97.7 Å². The summed E-state index contributed by atoms with van der Waals surface area (Å²) >= 11 is 0. The molecular weight excluding hydrogens is 233 g/mol. The number of nitrogens with one attached hydrogen (secondary N) is 1. The van der Waals surface area contributed by atoms with E-state index in [0.29, 0.717) is 13.0 Å². The van der Waals surface area contributed by atoms with Gasteiger partial charge >= 0.3 is 6.18 Å². The Morgan fingerprint density at radius 2 is 2.00 bits per heavy atom. The van der Waals surface area contributed by atoms with Gasteiger partial charge in [0.1, 0.15) is 5.82 Å². The second kappa shape index (κ2) is 6.44. The van der Waals surface area contributed by atoms with E-state index >= 15 is 0 Å². The molecular formula is C11H15F3N2O. The summed E-state index contributed by atoms with van der Waals surface area (Å²) in [7, 11) is 0. The van der Waals surface area contributed by atoms with Gasteiger partial charge in [0.25, 0.3) is 0 Å². The van der Waals surface area contributed by atoms with Gasteiger partial charge in [-0.1, -0.05) is 0 Å². The molecule has 0 fully saturated rings. The van der Waals surface area contributed by atoms with Gasteiger partial charge in [0, 0.05) is 19.3 Å². The summed E-state index contributed by atoms with van der Waals surface area (Å²) in [5, 5.41) is 11.4. The van der Waals surface area contributed by atoms with Crippen LogP contribution in [0, 0.1) is 0 Å². The Balaban J connectivity index is 2.44. The van der Waals surface area contributed by atoms with Gasteiger partial charge in [-0.15, -0.1) is 0 Å². The van der Waals surface area contributed by atoms with E-state index in [1.807, 2.05) is 0 Å². The van der Waals surface area contributed by atoms with Crippen LogP contribution in [0.15, 0.2) is 18.3 Å². The third kappa shape index (κ3) is 5.04. The smallest absolute Gasteiger partial charge is 0.396 e. The lowest BCUT2D eigenvalue weighted by molar-refractivity contribution is -0.137. The Bertz CT molecular complexity index is 342. The molecule has 1 aromatic rings. The van der Waals surface area contributed by atoms with Gasteiger partial charge in [-0.2, -0.15) is 13.2 Å². The number of aromatic nitrogens is 1. The second-order valence-electron chi connectivity index (χ2n) is 3.64. The molecule has 0 bridgehead atoms. The number of anilines is 1. The molecule has 96 valence electrons. The van der Waals surface area contributed by atoms with Crippen LogP contribution in [-0.2, 0) is 6.18 Å². The van der Waals surface area contributed by atoms with Crippen LogP contribution >= 0.6 is 0 Å². The van der Waals surface area contributed by atoms with Crippen LogP contribution in [0.5, 0.6) is 0 Å². The van der Waals surface area contributed by atoms with Crippen LogP contribution in [0.4, 0.5) is 19.0 Å². The zero-order valence-electron chi connectivity index (χ0n) is 9.30. The number of hydrogen-bond donors (Lipinski definition) is 2. The van der Waals surface area contributed by atoms with E-state index in [-0.39, 0.29) is 12.4 Å². The summed E-state index contributed by atoms with van der Waals surface area (Å²) < 4.78 is 37.1. The van der Waals surface area contributed by atoms with E-state index in [4.69, 9.17) is 5.11 Å². The molecule has 6 heteroatoms. The number of alkyl halides is 3. The molecule has 0 atom stereocenters. The average Bonchev–Trinajstić information content (AvgIpc) is 2.28. The maximum absolute atomic E-state index is 12.4. The van der Waals surface area contributed by atoms with Crippen molar-refractivity contribution in [2.24, 2.45) is 0 Å². The molecule has 0 aromatic carbocycles. The van der Waals surface area contributed by atoms with Crippen LogP contribution in [0.1, 0.15) is 24.8 Å². The van der Waals surface area contributed by atoms with Crippen molar-refractivity contribution in [1.29, 1.82) is 0 Å². The fraction of sp³-hybridized carbons (Fsp3) is 0.545. The number of aliphatic hydroxyl groups is 1. The van der Waals surface area contributed by atoms with Crippen LogP contribution < -0.4 is 5.32 Å². The van der Waals surface area contributed by atoms with Crippen LogP contribution in [-0.4, -0.2) is 23.2 Å². The van der Waals surface area contributed by atoms with Crippen molar-refractivity contribution in [3.8, 4) is 0 Å². The van der Waals surface area contributed by atoms with Crippen LogP contribution in [0.2, 0.25) is 0 Å². The van der Waals surface area contributed by atoms with Gasteiger partial charge in [0.05, 0.1) is 5.56 Å². The molecule has 1 aromatic heterocycles. The van der Waals surface area contributed by atoms with Crippen molar-refractivity contribution in [3.05, 3.63) is 23.9 Å². The highest BCUT2D eigenvalue weighted by atomic mass is 19.4. The fourth-order valence-corrected chi connectivity index (χ4v) is 1.33. The normalized spacial score (nSPS) is 11.5. The summed E-state index contributed by atoms with van der Waals surface area (Å²) in [6.07, 6.45) is -0.867. The van der Waals surface area contributed by atoms with Gasteiger partial charge < -0.3 is 10.4 Å². The Morgan fingerprint density at radius 3 is 2.65 bits per heavy atom. The molecule has 0 unspecified atom stereocenters. The van der Waals surface area contributed by atoms with E-state index in [1.165, 1.54) is 0 Å². The molecule has 1 rings (SSSR count). The highest BCUT2D eigenvalue weighted by Crippen LogP contribution is 2.29. The van der Waals surface area contributed by atoms with E-state index in [0.717, 1.165) is 31.2 Å².